The van der Waals surface area contributed by atoms with Crippen LogP contribution in [0.1, 0.15) is 0 Å². The molecule has 5 heteroatoms. The summed E-state index contributed by atoms with van der Waals surface area (Å²) in [6.07, 6.45) is 1.28. The Kier molecular flexibility index (Phi) is 7.45. The number of rotatable bonds is 3. The van der Waals surface area contributed by atoms with Crippen LogP contribution in [0.25, 0.3) is 0 Å². The van der Waals surface area contributed by atoms with Gasteiger partial charge in [0.15, 0.2) is 0 Å². The molecule has 0 radical (unpaired) electrons. The van der Waals surface area contributed by atoms with Gasteiger partial charge in [-0.25, -0.2) is 0 Å². The Morgan fingerprint density at radius 2 is 2.11 bits per heavy atom. The van der Waals surface area contributed by atoms with Gasteiger partial charge in [-0.2, -0.15) is 8.42 Å². The van der Waals surface area contributed by atoms with E-state index in [-0.39, 0.29) is 35.3 Å². The number of hydrogen-bond acceptors (Lipinski definition) is 3. The van der Waals surface area contributed by atoms with Crippen molar-refractivity contribution in [2.24, 2.45) is 0 Å². The van der Waals surface area contributed by atoms with Gasteiger partial charge in [0.1, 0.15) is 0 Å². The topological polar surface area (TPSA) is 43.4 Å². The molecule has 50 valence electrons. The second-order valence-electron chi connectivity index (χ2n) is 1.18. The van der Waals surface area contributed by atoms with Crippen LogP contribution in [0.15, 0.2) is 12.7 Å². The molecule has 3 nitrogen and oxygen atoms in total. The fourth-order valence-corrected chi connectivity index (χ4v) is 0.637. The Morgan fingerprint density at radius 1 is 1.67 bits per heavy atom. The van der Waals surface area contributed by atoms with Crippen molar-refractivity contribution in [3.8, 4) is 0 Å². The van der Waals surface area contributed by atoms with Crippen molar-refractivity contribution in [3.05, 3.63) is 12.7 Å². The van der Waals surface area contributed by atoms with E-state index in [2.05, 4.69) is 10.8 Å². The van der Waals surface area contributed by atoms with Gasteiger partial charge >= 0.3 is 29.6 Å². The Labute approximate surface area is 77.5 Å². The summed E-state index contributed by atoms with van der Waals surface area (Å²) in [6, 6.07) is 0. The van der Waals surface area contributed by atoms with E-state index in [1.165, 1.54) is 6.08 Å². The molecular weight excluding hydrogens is 151 g/mol. The molecule has 0 amide bonds. The van der Waals surface area contributed by atoms with E-state index in [1.807, 2.05) is 0 Å². The third-order valence-corrected chi connectivity index (χ3v) is 1.73. The standard InChI is InChI=1S/C4H8O3S.Na.H/c1-3-4-8(5,6)7-2;;/h3H,1,4H2,2H3;;. The molecule has 0 aromatic rings. The number of hydrogen-bond donors (Lipinski definition) is 0. The Morgan fingerprint density at radius 3 is 2.22 bits per heavy atom. The molecule has 0 bridgehead atoms. The summed E-state index contributed by atoms with van der Waals surface area (Å²) in [5, 5.41) is 0. The molecule has 0 aromatic heterocycles. The molecule has 0 fully saturated rings. The van der Waals surface area contributed by atoms with Gasteiger partial charge < -0.3 is 0 Å². The zero-order valence-corrected chi connectivity index (χ0v) is 5.44. The van der Waals surface area contributed by atoms with Gasteiger partial charge in [-0.3, -0.25) is 4.18 Å². The molecule has 0 aromatic carbocycles. The fourth-order valence-electron chi connectivity index (χ4n) is 0.212. The van der Waals surface area contributed by atoms with Gasteiger partial charge in [-0.05, 0) is 0 Å². The van der Waals surface area contributed by atoms with Crippen molar-refractivity contribution in [3.63, 3.8) is 0 Å². The van der Waals surface area contributed by atoms with Crippen molar-refractivity contribution in [1.82, 2.24) is 0 Å². The second-order valence-corrected chi connectivity index (χ2v) is 2.96. The molecule has 0 aliphatic rings. The van der Waals surface area contributed by atoms with Gasteiger partial charge in [0.05, 0.1) is 12.9 Å². The van der Waals surface area contributed by atoms with Crippen LogP contribution in [0, 0.1) is 0 Å². The predicted octanol–water partition coefficient (Wildman–Crippen LogP) is -0.500. The van der Waals surface area contributed by atoms with Crippen LogP contribution in [0.3, 0.4) is 0 Å². The van der Waals surface area contributed by atoms with E-state index < -0.39 is 10.1 Å². The summed E-state index contributed by atoms with van der Waals surface area (Å²) in [5.74, 6) is -0.122. The molecule has 0 unspecified atom stereocenters. The molecule has 0 rings (SSSR count). The summed E-state index contributed by atoms with van der Waals surface area (Å²) in [4.78, 5) is 0. The predicted molar refractivity (Wildman–Crippen MR) is 38.1 cm³/mol. The first kappa shape index (κ1) is 12.3. The van der Waals surface area contributed by atoms with Crippen molar-refractivity contribution < 1.29 is 12.6 Å². The first-order valence-corrected chi connectivity index (χ1v) is 3.59. The van der Waals surface area contributed by atoms with Crippen molar-refractivity contribution in [2.45, 2.75) is 0 Å². The minimum absolute atomic E-state index is 0. The van der Waals surface area contributed by atoms with Crippen LogP contribution < -0.4 is 0 Å². The van der Waals surface area contributed by atoms with Crippen LogP contribution in [0.4, 0.5) is 0 Å². The summed E-state index contributed by atoms with van der Waals surface area (Å²) in [5.41, 5.74) is 0. The molecule has 0 aliphatic heterocycles. The van der Waals surface area contributed by atoms with Gasteiger partial charge in [0, 0.05) is 0 Å². The third-order valence-electron chi connectivity index (χ3n) is 0.576. The van der Waals surface area contributed by atoms with Gasteiger partial charge in [-0.1, -0.05) is 6.08 Å². The maximum atomic E-state index is 10.3. The minimum atomic E-state index is -3.29. The second kappa shape index (κ2) is 5.44. The molecule has 0 N–H and O–H groups in total. The monoisotopic (exact) mass is 160 g/mol. The summed E-state index contributed by atoms with van der Waals surface area (Å²) in [6.45, 7) is 3.23. The molecule has 0 spiro atoms. The molecule has 9 heavy (non-hydrogen) atoms. The van der Waals surface area contributed by atoms with E-state index in [1.54, 1.807) is 0 Å². The van der Waals surface area contributed by atoms with Gasteiger partial charge in [0.2, 0.25) is 0 Å². The zero-order chi connectivity index (χ0) is 6.62. The van der Waals surface area contributed by atoms with Crippen LogP contribution in [-0.2, 0) is 14.3 Å². The summed E-state index contributed by atoms with van der Waals surface area (Å²) < 4.78 is 24.7. The van der Waals surface area contributed by atoms with E-state index in [4.69, 9.17) is 0 Å². The summed E-state index contributed by atoms with van der Waals surface area (Å²) in [7, 11) is -2.16. The molecule has 0 aliphatic carbocycles. The van der Waals surface area contributed by atoms with Crippen LogP contribution in [0.2, 0.25) is 0 Å². The van der Waals surface area contributed by atoms with Crippen LogP contribution in [0.5, 0.6) is 0 Å². The Bertz CT molecular complexity index is 161. The molecule has 0 heterocycles. The average Bonchev–Trinajstić information content (AvgIpc) is 1.67. The van der Waals surface area contributed by atoms with Crippen molar-refractivity contribution >= 4 is 39.7 Å². The van der Waals surface area contributed by atoms with Gasteiger partial charge in [0.25, 0.3) is 10.1 Å². The molecule has 0 atom stereocenters. The van der Waals surface area contributed by atoms with E-state index >= 15 is 0 Å². The SMILES string of the molecule is C=CCS(=O)(=O)OC.[NaH]. The average molecular weight is 160 g/mol. The van der Waals surface area contributed by atoms with Gasteiger partial charge in [-0.15, -0.1) is 6.58 Å². The van der Waals surface area contributed by atoms with Crippen LogP contribution >= 0.6 is 0 Å². The molecule has 0 saturated carbocycles. The van der Waals surface area contributed by atoms with E-state index in [0.717, 1.165) is 7.11 Å². The first-order chi connectivity index (χ1) is 3.62. The normalized spacial score (nSPS) is 9.89. The molecular formula is C4H9NaO3S. The van der Waals surface area contributed by atoms with Crippen LogP contribution in [-0.4, -0.2) is 50.8 Å². The third kappa shape index (κ3) is 6.54. The summed E-state index contributed by atoms with van der Waals surface area (Å²) >= 11 is 0. The zero-order valence-electron chi connectivity index (χ0n) is 4.62. The Hall–Kier alpha value is 0.650. The molecule has 0 saturated heterocycles. The van der Waals surface area contributed by atoms with Crippen molar-refractivity contribution in [2.75, 3.05) is 12.9 Å². The fraction of sp³-hybridized carbons (Fsp3) is 0.500. The quantitative estimate of drug-likeness (QED) is 0.317. The Balaban J connectivity index is 0. The maximum absolute atomic E-state index is 10.3. The van der Waals surface area contributed by atoms with Crippen molar-refractivity contribution in [1.29, 1.82) is 0 Å². The van der Waals surface area contributed by atoms with E-state index in [0.29, 0.717) is 0 Å². The first-order valence-electron chi connectivity index (χ1n) is 2.01. The van der Waals surface area contributed by atoms with E-state index in [9.17, 15) is 8.42 Å².